The summed E-state index contributed by atoms with van der Waals surface area (Å²) in [5, 5.41) is 8.86. The van der Waals surface area contributed by atoms with E-state index in [1.165, 1.54) is 0 Å². The van der Waals surface area contributed by atoms with Crippen LogP contribution >= 0.6 is 12.2 Å². The number of hydrogen-bond donors (Lipinski definition) is 2. The van der Waals surface area contributed by atoms with E-state index in [0.29, 0.717) is 10.9 Å². The number of hydrogen-bond acceptors (Lipinski definition) is 3. The molecular weight excluding hydrogens is 270 g/mol. The summed E-state index contributed by atoms with van der Waals surface area (Å²) in [5.74, 6) is 1.27. The zero-order chi connectivity index (χ0) is 14.1. The molecule has 3 aromatic rings. The fourth-order valence-corrected chi connectivity index (χ4v) is 2.31. The third-order valence-electron chi connectivity index (χ3n) is 3.05. The molecular formula is C15H13N3OS. The molecule has 20 heavy (non-hydrogen) atoms. The lowest BCUT2D eigenvalue weighted by Gasteiger charge is -2.10. The number of aromatic amines is 1. The van der Waals surface area contributed by atoms with Gasteiger partial charge in [0.25, 0.3) is 0 Å². The van der Waals surface area contributed by atoms with Gasteiger partial charge in [0.2, 0.25) is 5.88 Å². The van der Waals surface area contributed by atoms with Crippen LogP contribution in [0.2, 0.25) is 0 Å². The second kappa shape index (κ2) is 4.94. The minimum absolute atomic E-state index is 0.378. The average Bonchev–Trinajstić information content (AvgIpc) is 2.84. The van der Waals surface area contributed by atoms with Crippen LogP contribution in [0, 0.1) is 6.92 Å². The van der Waals surface area contributed by atoms with Gasteiger partial charge in [-0.1, -0.05) is 36.5 Å². The van der Waals surface area contributed by atoms with Gasteiger partial charge in [0.15, 0.2) is 0 Å². The largest absolute Gasteiger partial charge is 0.437 e. The molecule has 4 nitrogen and oxygen atoms in total. The monoisotopic (exact) mass is 283 g/mol. The van der Waals surface area contributed by atoms with Crippen molar-refractivity contribution in [3.05, 3.63) is 53.7 Å². The lowest BCUT2D eigenvalue weighted by molar-refractivity contribution is 0.467. The van der Waals surface area contributed by atoms with Gasteiger partial charge in [-0.2, -0.15) is 0 Å². The van der Waals surface area contributed by atoms with Gasteiger partial charge in [0.05, 0.1) is 0 Å². The highest BCUT2D eigenvalue weighted by atomic mass is 32.1. The van der Waals surface area contributed by atoms with Gasteiger partial charge in [-0.25, -0.2) is 0 Å². The first kappa shape index (κ1) is 12.6. The van der Waals surface area contributed by atoms with Crippen molar-refractivity contribution in [1.29, 1.82) is 0 Å². The minimum atomic E-state index is 0.378. The van der Waals surface area contributed by atoms with Crippen molar-refractivity contribution in [2.75, 3.05) is 0 Å². The van der Waals surface area contributed by atoms with Crippen LogP contribution in [0.3, 0.4) is 0 Å². The van der Waals surface area contributed by atoms with Crippen LogP contribution in [0.25, 0.3) is 10.8 Å². The fourth-order valence-electron chi connectivity index (χ4n) is 2.13. The molecule has 0 saturated heterocycles. The molecule has 5 heteroatoms. The van der Waals surface area contributed by atoms with Gasteiger partial charge in [-0.15, -0.1) is 5.10 Å². The number of thiocarbonyl (C=S) groups is 1. The molecule has 3 N–H and O–H groups in total. The first-order valence-electron chi connectivity index (χ1n) is 6.16. The number of rotatable bonds is 3. The van der Waals surface area contributed by atoms with Crippen LogP contribution in [0.15, 0.2) is 42.5 Å². The van der Waals surface area contributed by atoms with Crippen molar-refractivity contribution in [3.63, 3.8) is 0 Å². The van der Waals surface area contributed by atoms with E-state index in [-0.39, 0.29) is 0 Å². The highest BCUT2D eigenvalue weighted by Gasteiger charge is 2.10. The summed E-state index contributed by atoms with van der Waals surface area (Å²) in [6.45, 7) is 1.92. The zero-order valence-electron chi connectivity index (χ0n) is 10.9. The van der Waals surface area contributed by atoms with Crippen LogP contribution in [0.1, 0.15) is 11.3 Å². The van der Waals surface area contributed by atoms with Gasteiger partial charge in [-0.05, 0) is 24.4 Å². The second-order valence-corrected chi connectivity index (χ2v) is 4.95. The van der Waals surface area contributed by atoms with Gasteiger partial charge in [0.1, 0.15) is 10.7 Å². The second-order valence-electron chi connectivity index (χ2n) is 4.51. The standard InChI is InChI=1S/C15H13N3OS/c1-9-8-14(18-17-9)19-13-7-6-12(15(16)20)10-4-2-3-5-11(10)13/h2-8H,1H3,(H2,16,20)(H,17,18). The SMILES string of the molecule is Cc1cc(Oc2ccc(C(N)=S)c3ccccc23)n[nH]1. The molecule has 0 aliphatic carbocycles. The average molecular weight is 283 g/mol. The number of nitrogens with two attached hydrogens (primary N) is 1. The molecule has 0 radical (unpaired) electrons. The Hall–Kier alpha value is -2.40. The van der Waals surface area contributed by atoms with Gasteiger partial charge in [-0.3, -0.25) is 5.10 Å². The normalized spacial score (nSPS) is 10.7. The van der Waals surface area contributed by atoms with E-state index in [1.54, 1.807) is 0 Å². The Bertz CT molecular complexity index is 795. The molecule has 0 amide bonds. The van der Waals surface area contributed by atoms with E-state index in [1.807, 2.05) is 49.4 Å². The fraction of sp³-hybridized carbons (Fsp3) is 0.0667. The first-order chi connectivity index (χ1) is 9.65. The number of benzene rings is 2. The van der Waals surface area contributed by atoms with Crippen LogP contribution in [0.5, 0.6) is 11.6 Å². The number of fused-ring (bicyclic) bond motifs is 1. The highest BCUT2D eigenvalue weighted by Crippen LogP contribution is 2.31. The Labute approximate surface area is 121 Å². The molecule has 1 heterocycles. The van der Waals surface area contributed by atoms with Crippen LogP contribution in [0.4, 0.5) is 0 Å². The highest BCUT2D eigenvalue weighted by molar-refractivity contribution is 7.80. The van der Waals surface area contributed by atoms with Crippen molar-refractivity contribution in [1.82, 2.24) is 10.2 Å². The van der Waals surface area contributed by atoms with E-state index in [9.17, 15) is 0 Å². The Morgan fingerprint density at radius 2 is 1.95 bits per heavy atom. The summed E-state index contributed by atoms with van der Waals surface area (Å²) in [4.78, 5) is 0.378. The summed E-state index contributed by atoms with van der Waals surface area (Å²) in [6.07, 6.45) is 0. The van der Waals surface area contributed by atoms with Crippen molar-refractivity contribution in [2.45, 2.75) is 6.92 Å². The van der Waals surface area contributed by atoms with Crippen LogP contribution in [-0.2, 0) is 0 Å². The smallest absolute Gasteiger partial charge is 0.238 e. The maximum absolute atomic E-state index is 5.82. The number of ether oxygens (including phenoxy) is 1. The van der Waals surface area contributed by atoms with E-state index in [2.05, 4.69) is 10.2 Å². The molecule has 1 aromatic heterocycles. The molecule has 0 aliphatic heterocycles. The molecule has 100 valence electrons. The summed E-state index contributed by atoms with van der Waals surface area (Å²) in [6, 6.07) is 13.4. The Morgan fingerprint density at radius 3 is 2.60 bits per heavy atom. The summed E-state index contributed by atoms with van der Waals surface area (Å²) < 4.78 is 5.82. The van der Waals surface area contributed by atoms with Crippen molar-refractivity contribution < 1.29 is 4.74 Å². The van der Waals surface area contributed by atoms with E-state index >= 15 is 0 Å². The number of H-pyrrole nitrogens is 1. The third kappa shape index (κ3) is 2.23. The Morgan fingerprint density at radius 1 is 1.20 bits per heavy atom. The number of aromatic nitrogens is 2. The van der Waals surface area contributed by atoms with Crippen molar-refractivity contribution >= 4 is 28.0 Å². The summed E-state index contributed by atoms with van der Waals surface area (Å²) in [7, 11) is 0. The molecule has 0 unspecified atom stereocenters. The molecule has 0 aliphatic rings. The number of nitrogens with one attached hydrogen (secondary N) is 1. The lowest BCUT2D eigenvalue weighted by atomic mass is 10.0. The summed E-state index contributed by atoms with van der Waals surface area (Å²) >= 11 is 5.09. The van der Waals surface area contributed by atoms with Crippen molar-refractivity contribution in [3.8, 4) is 11.6 Å². The van der Waals surface area contributed by atoms with Gasteiger partial charge < -0.3 is 10.5 Å². The van der Waals surface area contributed by atoms with E-state index in [0.717, 1.165) is 27.8 Å². The zero-order valence-corrected chi connectivity index (χ0v) is 11.7. The van der Waals surface area contributed by atoms with Crippen LogP contribution < -0.4 is 10.5 Å². The van der Waals surface area contributed by atoms with Gasteiger partial charge >= 0.3 is 0 Å². The summed E-state index contributed by atoms with van der Waals surface area (Å²) in [5.41, 5.74) is 7.56. The number of aryl methyl sites for hydroxylation is 1. The van der Waals surface area contributed by atoms with Crippen LogP contribution in [-0.4, -0.2) is 15.2 Å². The first-order valence-corrected chi connectivity index (χ1v) is 6.57. The van der Waals surface area contributed by atoms with E-state index in [4.69, 9.17) is 22.7 Å². The maximum atomic E-state index is 5.82. The quantitative estimate of drug-likeness (QED) is 0.724. The third-order valence-corrected chi connectivity index (χ3v) is 3.27. The van der Waals surface area contributed by atoms with E-state index < -0.39 is 0 Å². The molecule has 0 atom stereocenters. The Balaban J connectivity index is 2.12. The lowest BCUT2D eigenvalue weighted by Crippen LogP contribution is -2.09. The molecule has 0 spiro atoms. The topological polar surface area (TPSA) is 63.9 Å². The molecule has 3 rings (SSSR count). The minimum Gasteiger partial charge on any atom is -0.437 e. The molecule has 0 saturated carbocycles. The molecule has 0 fully saturated rings. The molecule has 0 bridgehead atoms. The van der Waals surface area contributed by atoms with Gasteiger partial charge in [0, 0.05) is 22.7 Å². The predicted octanol–water partition coefficient (Wildman–Crippen LogP) is 3.30. The van der Waals surface area contributed by atoms with Crippen molar-refractivity contribution in [2.24, 2.45) is 5.73 Å². The predicted molar refractivity (Wildman–Crippen MR) is 83.2 cm³/mol. The Kier molecular flexibility index (Phi) is 3.12. The number of nitrogens with zero attached hydrogens (tertiary/aromatic N) is 1. The maximum Gasteiger partial charge on any atom is 0.238 e. The molecule has 2 aromatic carbocycles.